The fourth-order valence-corrected chi connectivity index (χ4v) is 0.641. The van der Waals surface area contributed by atoms with E-state index in [2.05, 4.69) is 34.6 Å². The second-order valence-corrected chi connectivity index (χ2v) is 2.59. The van der Waals surface area contributed by atoms with Gasteiger partial charge in [0.1, 0.15) is 0 Å². The minimum Gasteiger partial charge on any atom is -0.115 e. The highest BCUT2D eigenvalue weighted by Gasteiger charge is 1.77. The first kappa shape index (κ1) is 8.03. The third kappa shape index (κ3) is 4.20. The van der Waals surface area contributed by atoms with Crippen LogP contribution in [-0.2, 0) is 0 Å². The van der Waals surface area contributed by atoms with Crippen molar-refractivity contribution in [2.75, 3.05) is 4.43 Å². The first-order chi connectivity index (χ1) is 3.81. The molecular formula is C7H9I. The molecule has 0 N–H and O–H groups in total. The minimum absolute atomic E-state index is 1.04. The molecule has 0 heterocycles. The van der Waals surface area contributed by atoms with Gasteiger partial charge in [0.25, 0.3) is 0 Å². The Hall–Kier alpha value is 0.0300. The van der Waals surface area contributed by atoms with Crippen molar-refractivity contribution in [2.45, 2.75) is 13.3 Å². The molecule has 0 saturated heterocycles. The van der Waals surface area contributed by atoms with Gasteiger partial charge in [-0.05, 0) is 18.9 Å². The van der Waals surface area contributed by atoms with E-state index in [4.69, 9.17) is 6.42 Å². The molecule has 0 aromatic heterocycles. The predicted molar refractivity (Wildman–Crippen MR) is 46.1 cm³/mol. The van der Waals surface area contributed by atoms with Crippen LogP contribution in [0.4, 0.5) is 0 Å². The fraction of sp³-hybridized carbons (Fsp3) is 0.429. The molecular weight excluding hydrogens is 211 g/mol. The number of hydrogen-bond donors (Lipinski definition) is 0. The lowest BCUT2D eigenvalue weighted by Gasteiger charge is -1.83. The zero-order valence-corrected chi connectivity index (χ0v) is 7.10. The fourth-order valence-electron chi connectivity index (χ4n) is 0.330. The number of allylic oxidation sites excluding steroid dienone is 2. The number of halogens is 1. The Labute approximate surface area is 64.5 Å². The Morgan fingerprint density at radius 2 is 2.50 bits per heavy atom. The first-order valence-electron chi connectivity index (χ1n) is 2.50. The lowest BCUT2D eigenvalue weighted by atomic mass is 10.3. The van der Waals surface area contributed by atoms with E-state index in [1.54, 1.807) is 0 Å². The third-order valence-corrected chi connectivity index (χ3v) is 1.41. The molecule has 0 amide bonds. The Bertz CT molecular complexity index is 117. The van der Waals surface area contributed by atoms with E-state index in [0.29, 0.717) is 0 Å². The van der Waals surface area contributed by atoms with Gasteiger partial charge in [0, 0.05) is 4.43 Å². The van der Waals surface area contributed by atoms with Crippen LogP contribution in [0.1, 0.15) is 13.3 Å². The molecule has 8 heavy (non-hydrogen) atoms. The summed E-state index contributed by atoms with van der Waals surface area (Å²) in [5, 5.41) is 0. The highest BCUT2D eigenvalue weighted by atomic mass is 127. The van der Waals surface area contributed by atoms with Crippen LogP contribution in [0.15, 0.2) is 11.6 Å². The molecule has 1 heteroatoms. The van der Waals surface area contributed by atoms with Gasteiger partial charge in [-0.15, -0.1) is 6.42 Å². The molecule has 0 nitrogen and oxygen atoms in total. The van der Waals surface area contributed by atoms with Gasteiger partial charge in [0.05, 0.1) is 0 Å². The summed E-state index contributed by atoms with van der Waals surface area (Å²) in [5.41, 5.74) is 1.04. The maximum absolute atomic E-state index is 5.09. The van der Waals surface area contributed by atoms with Crippen LogP contribution < -0.4 is 0 Å². The van der Waals surface area contributed by atoms with Crippen molar-refractivity contribution in [2.24, 2.45) is 0 Å². The smallest absolute Gasteiger partial charge is 0.00303 e. The molecule has 0 radical (unpaired) electrons. The first-order valence-corrected chi connectivity index (χ1v) is 4.03. The van der Waals surface area contributed by atoms with E-state index in [9.17, 15) is 0 Å². The number of alkyl halides is 1. The van der Waals surface area contributed by atoms with E-state index >= 15 is 0 Å². The van der Waals surface area contributed by atoms with Crippen LogP contribution in [0, 0.1) is 12.3 Å². The van der Waals surface area contributed by atoms with Crippen LogP contribution in [0.5, 0.6) is 0 Å². The number of hydrogen-bond acceptors (Lipinski definition) is 0. The summed E-state index contributed by atoms with van der Waals surface area (Å²) in [4.78, 5) is 0. The van der Waals surface area contributed by atoms with Crippen LogP contribution in [0.3, 0.4) is 0 Å². The summed E-state index contributed by atoms with van der Waals surface area (Å²) >= 11 is 2.32. The maximum atomic E-state index is 5.09. The molecule has 0 unspecified atom stereocenters. The molecule has 0 atom stereocenters. The molecule has 0 spiro atoms. The normalized spacial score (nSPS) is 10.9. The molecule has 0 aliphatic carbocycles. The summed E-state index contributed by atoms with van der Waals surface area (Å²) in [5.74, 6) is 2.56. The summed E-state index contributed by atoms with van der Waals surface area (Å²) < 4.78 is 1.15. The predicted octanol–water partition coefficient (Wildman–Crippen LogP) is 2.39. The Balaban J connectivity index is 3.46. The average molecular weight is 220 g/mol. The van der Waals surface area contributed by atoms with Crippen molar-refractivity contribution < 1.29 is 0 Å². The lowest BCUT2D eigenvalue weighted by molar-refractivity contribution is 1.25. The van der Waals surface area contributed by atoms with Crippen molar-refractivity contribution in [1.29, 1.82) is 0 Å². The van der Waals surface area contributed by atoms with Crippen molar-refractivity contribution in [3.05, 3.63) is 11.6 Å². The molecule has 0 aliphatic rings. The van der Waals surface area contributed by atoms with Gasteiger partial charge < -0.3 is 0 Å². The molecule has 0 aromatic carbocycles. The third-order valence-electron chi connectivity index (χ3n) is 0.787. The zero-order valence-electron chi connectivity index (χ0n) is 4.95. The summed E-state index contributed by atoms with van der Waals surface area (Å²) in [7, 11) is 0. The quantitative estimate of drug-likeness (QED) is 0.380. The van der Waals surface area contributed by atoms with Gasteiger partial charge in [0.15, 0.2) is 0 Å². The molecule has 0 bridgehead atoms. The van der Waals surface area contributed by atoms with Crippen molar-refractivity contribution in [3.8, 4) is 12.3 Å². The van der Waals surface area contributed by atoms with Gasteiger partial charge >= 0.3 is 0 Å². The largest absolute Gasteiger partial charge is 0.115 e. The van der Waals surface area contributed by atoms with Crippen LogP contribution in [0.25, 0.3) is 0 Å². The number of rotatable bonds is 2. The lowest BCUT2D eigenvalue weighted by Crippen LogP contribution is -1.69. The van der Waals surface area contributed by atoms with Gasteiger partial charge in [-0.1, -0.05) is 34.6 Å². The average Bonchev–Trinajstić information content (AvgIpc) is 1.83. The van der Waals surface area contributed by atoms with Crippen molar-refractivity contribution in [1.82, 2.24) is 0 Å². The molecule has 0 aromatic rings. The Morgan fingerprint density at radius 3 is 2.88 bits per heavy atom. The molecule has 0 aliphatic heterocycles. The summed E-state index contributed by atoms with van der Waals surface area (Å²) in [6, 6.07) is 0. The topological polar surface area (TPSA) is 0 Å². The highest BCUT2D eigenvalue weighted by molar-refractivity contribution is 14.1. The second kappa shape index (κ2) is 5.17. The van der Waals surface area contributed by atoms with Gasteiger partial charge in [-0.25, -0.2) is 0 Å². The van der Waals surface area contributed by atoms with Gasteiger partial charge in [-0.2, -0.15) is 0 Å². The van der Waals surface area contributed by atoms with E-state index < -0.39 is 0 Å². The Morgan fingerprint density at radius 1 is 1.88 bits per heavy atom. The van der Waals surface area contributed by atoms with Crippen LogP contribution >= 0.6 is 22.6 Å². The second-order valence-electron chi connectivity index (χ2n) is 1.51. The highest BCUT2D eigenvalue weighted by Crippen LogP contribution is 1.95. The molecule has 0 rings (SSSR count). The Kier molecular flexibility index (Phi) is 5.19. The SMILES string of the molecule is C#C/C(C)=C\CCI. The molecule has 0 saturated carbocycles. The standard InChI is InChI=1S/C7H9I/c1-3-7(2)5-4-6-8/h1,5H,4,6H2,2H3/b7-5-. The van der Waals surface area contributed by atoms with Gasteiger partial charge in [0.2, 0.25) is 0 Å². The van der Waals surface area contributed by atoms with E-state index in [0.717, 1.165) is 16.4 Å². The van der Waals surface area contributed by atoms with E-state index in [1.165, 1.54) is 0 Å². The van der Waals surface area contributed by atoms with Gasteiger partial charge in [-0.3, -0.25) is 0 Å². The molecule has 0 fully saturated rings. The maximum Gasteiger partial charge on any atom is 0.00303 e. The summed E-state index contributed by atoms with van der Waals surface area (Å²) in [6.45, 7) is 1.95. The van der Waals surface area contributed by atoms with Crippen molar-refractivity contribution >= 4 is 22.6 Å². The zero-order chi connectivity index (χ0) is 6.41. The number of terminal acetylenes is 1. The van der Waals surface area contributed by atoms with Crippen LogP contribution in [-0.4, -0.2) is 4.43 Å². The molecule has 44 valence electrons. The minimum atomic E-state index is 1.04. The van der Waals surface area contributed by atoms with Crippen LogP contribution in [0.2, 0.25) is 0 Å². The monoisotopic (exact) mass is 220 g/mol. The summed E-state index contributed by atoms with van der Waals surface area (Å²) in [6.07, 6.45) is 8.26. The van der Waals surface area contributed by atoms with E-state index in [1.807, 2.05) is 6.92 Å². The van der Waals surface area contributed by atoms with Crippen molar-refractivity contribution in [3.63, 3.8) is 0 Å². The van der Waals surface area contributed by atoms with E-state index in [-0.39, 0.29) is 0 Å².